The van der Waals surface area contributed by atoms with E-state index in [0.717, 1.165) is 27.3 Å². The van der Waals surface area contributed by atoms with Gasteiger partial charge in [-0.3, -0.25) is 14.4 Å². The molecule has 0 bridgehead atoms. The van der Waals surface area contributed by atoms with Crippen LogP contribution >= 0.6 is 34.7 Å². The standard InChI is InChI=1S/C29H23ClN2O5S2/c1-15-3-5-16(6-4-15)14-37-20-12-7-17(13-21(20)36-2)22-23-25(38-26-24(22)39-29(35)31-26)28(34)32(27(23)33)19-10-8-18(30)9-11-19/h3-13,22-23,25H,14H2,1-2H3,(H,31,35)/t22-,23?,25?/m1/s1. The van der Waals surface area contributed by atoms with E-state index < -0.39 is 17.1 Å². The van der Waals surface area contributed by atoms with Crippen LogP contribution in [-0.4, -0.2) is 29.2 Å². The van der Waals surface area contributed by atoms with Crippen LogP contribution in [0.15, 0.2) is 76.6 Å². The van der Waals surface area contributed by atoms with Crippen LogP contribution < -0.4 is 19.2 Å². The largest absolute Gasteiger partial charge is 0.493 e. The van der Waals surface area contributed by atoms with Crippen molar-refractivity contribution in [2.75, 3.05) is 12.0 Å². The number of amides is 2. The van der Waals surface area contributed by atoms with Gasteiger partial charge in [-0.2, -0.15) is 0 Å². The maximum Gasteiger partial charge on any atom is 0.305 e. The van der Waals surface area contributed by atoms with Crippen molar-refractivity contribution in [3.8, 4) is 11.5 Å². The molecule has 10 heteroatoms. The number of H-pyrrole nitrogens is 1. The molecular formula is C29H23ClN2O5S2. The number of carbonyl (C=O) groups excluding carboxylic acids is 2. The van der Waals surface area contributed by atoms with Crippen LogP contribution in [0.2, 0.25) is 5.02 Å². The molecule has 3 heterocycles. The number of nitrogens with one attached hydrogen (secondary N) is 1. The highest BCUT2D eigenvalue weighted by Gasteiger charge is 2.56. The minimum Gasteiger partial charge on any atom is -0.493 e. The SMILES string of the molecule is COc1cc([C@H]2c3sc(=O)[nH]c3SC3C(=O)N(c4ccc(Cl)cc4)C(=O)C32)ccc1OCc1ccc(C)cc1. The van der Waals surface area contributed by atoms with E-state index in [9.17, 15) is 14.4 Å². The Balaban J connectivity index is 1.37. The predicted octanol–water partition coefficient (Wildman–Crippen LogP) is 5.78. The molecule has 1 saturated heterocycles. The molecule has 3 aromatic carbocycles. The number of rotatable bonds is 6. The molecule has 6 rings (SSSR count). The molecular weight excluding hydrogens is 556 g/mol. The molecule has 2 amide bonds. The van der Waals surface area contributed by atoms with E-state index in [1.54, 1.807) is 31.4 Å². The van der Waals surface area contributed by atoms with Crippen molar-refractivity contribution >= 4 is 52.2 Å². The lowest BCUT2D eigenvalue weighted by Gasteiger charge is -2.30. The number of hydrogen-bond donors (Lipinski definition) is 1. The van der Waals surface area contributed by atoms with E-state index in [2.05, 4.69) is 4.98 Å². The van der Waals surface area contributed by atoms with Gasteiger partial charge in [-0.1, -0.05) is 70.6 Å². The van der Waals surface area contributed by atoms with Crippen molar-refractivity contribution in [3.05, 3.63) is 103 Å². The molecule has 0 saturated carbocycles. The number of hydrogen-bond acceptors (Lipinski definition) is 7. The second-order valence-corrected chi connectivity index (χ2v) is 12.0. The number of carbonyl (C=O) groups is 2. The summed E-state index contributed by atoms with van der Waals surface area (Å²) < 4.78 is 11.7. The Labute approximate surface area is 237 Å². The van der Waals surface area contributed by atoms with Gasteiger partial charge in [0.1, 0.15) is 11.9 Å². The van der Waals surface area contributed by atoms with Crippen LogP contribution in [0, 0.1) is 12.8 Å². The Hall–Kier alpha value is -3.53. The lowest BCUT2D eigenvalue weighted by Crippen LogP contribution is -2.32. The van der Waals surface area contributed by atoms with E-state index in [-0.39, 0.29) is 16.7 Å². The number of aryl methyl sites for hydroxylation is 1. The molecule has 7 nitrogen and oxygen atoms in total. The molecule has 2 aliphatic rings. The van der Waals surface area contributed by atoms with Crippen LogP contribution in [-0.2, 0) is 16.2 Å². The second-order valence-electron chi connectivity index (χ2n) is 9.42. The number of thiazole rings is 1. The van der Waals surface area contributed by atoms with Gasteiger partial charge in [-0.15, -0.1) is 0 Å². The molecule has 1 fully saturated rings. The van der Waals surface area contributed by atoms with Gasteiger partial charge in [0.05, 0.1) is 23.7 Å². The number of ether oxygens (including phenoxy) is 2. The maximum absolute atomic E-state index is 13.9. The summed E-state index contributed by atoms with van der Waals surface area (Å²) in [4.78, 5) is 44.4. The lowest BCUT2D eigenvalue weighted by molar-refractivity contribution is -0.122. The molecule has 0 aliphatic carbocycles. The Morgan fingerprint density at radius 2 is 1.69 bits per heavy atom. The number of nitrogens with zero attached hydrogens (tertiary/aromatic N) is 1. The summed E-state index contributed by atoms with van der Waals surface area (Å²) in [6, 6.07) is 20.2. The number of benzene rings is 3. The zero-order valence-electron chi connectivity index (χ0n) is 21.0. The average Bonchev–Trinajstić information content (AvgIpc) is 3.43. The summed E-state index contributed by atoms with van der Waals surface area (Å²) in [7, 11) is 1.56. The fourth-order valence-corrected chi connectivity index (χ4v) is 7.70. The molecule has 2 aliphatic heterocycles. The number of imide groups is 1. The third-order valence-corrected chi connectivity index (χ3v) is 9.62. The van der Waals surface area contributed by atoms with Gasteiger partial charge in [0, 0.05) is 15.8 Å². The van der Waals surface area contributed by atoms with E-state index in [0.29, 0.717) is 33.8 Å². The smallest absolute Gasteiger partial charge is 0.305 e. The quantitative estimate of drug-likeness (QED) is 0.292. The Bertz CT molecular complexity index is 1630. The second kappa shape index (κ2) is 10.2. The first-order valence-electron chi connectivity index (χ1n) is 12.2. The molecule has 4 aromatic rings. The molecule has 0 spiro atoms. The highest BCUT2D eigenvalue weighted by molar-refractivity contribution is 8.00. The van der Waals surface area contributed by atoms with Crippen molar-refractivity contribution in [1.29, 1.82) is 0 Å². The fraction of sp³-hybridized carbons (Fsp3) is 0.207. The number of fused-ring (bicyclic) bond motifs is 2. The number of aromatic amines is 1. The van der Waals surface area contributed by atoms with E-state index in [1.807, 2.05) is 49.4 Å². The summed E-state index contributed by atoms with van der Waals surface area (Å²) in [6.07, 6.45) is 0. The first-order valence-corrected chi connectivity index (χ1v) is 14.3. The van der Waals surface area contributed by atoms with Crippen LogP contribution in [0.4, 0.5) is 5.69 Å². The van der Waals surface area contributed by atoms with Crippen LogP contribution in [0.25, 0.3) is 0 Å². The number of halogens is 1. The monoisotopic (exact) mass is 578 g/mol. The van der Waals surface area contributed by atoms with Crippen LogP contribution in [0.3, 0.4) is 0 Å². The molecule has 39 heavy (non-hydrogen) atoms. The molecule has 0 radical (unpaired) electrons. The third kappa shape index (κ3) is 4.64. The zero-order chi connectivity index (χ0) is 27.3. The third-order valence-electron chi connectivity index (χ3n) is 6.97. The van der Waals surface area contributed by atoms with Crippen molar-refractivity contribution in [1.82, 2.24) is 4.98 Å². The average molecular weight is 579 g/mol. The minimum absolute atomic E-state index is 0.225. The Morgan fingerprint density at radius 3 is 2.41 bits per heavy atom. The lowest BCUT2D eigenvalue weighted by atomic mass is 9.83. The summed E-state index contributed by atoms with van der Waals surface area (Å²) >= 11 is 8.34. The summed E-state index contributed by atoms with van der Waals surface area (Å²) in [5.74, 6) is -0.766. The fourth-order valence-electron chi connectivity index (χ4n) is 5.06. The topological polar surface area (TPSA) is 88.7 Å². The van der Waals surface area contributed by atoms with Crippen molar-refractivity contribution in [2.45, 2.75) is 29.7 Å². The molecule has 198 valence electrons. The van der Waals surface area contributed by atoms with Gasteiger partial charge in [0.15, 0.2) is 11.5 Å². The highest BCUT2D eigenvalue weighted by atomic mass is 35.5. The number of anilines is 1. The van der Waals surface area contributed by atoms with E-state index in [4.69, 9.17) is 21.1 Å². The molecule has 2 unspecified atom stereocenters. The molecule has 3 atom stereocenters. The summed E-state index contributed by atoms with van der Waals surface area (Å²) in [6.45, 7) is 2.40. The summed E-state index contributed by atoms with van der Waals surface area (Å²) in [5.41, 5.74) is 3.43. The van der Waals surface area contributed by atoms with Crippen molar-refractivity contribution in [3.63, 3.8) is 0 Å². The van der Waals surface area contributed by atoms with Gasteiger partial charge in [0.2, 0.25) is 11.8 Å². The zero-order valence-corrected chi connectivity index (χ0v) is 23.4. The predicted molar refractivity (Wildman–Crippen MR) is 152 cm³/mol. The number of methoxy groups -OCH3 is 1. The molecule has 1 aromatic heterocycles. The first kappa shape index (κ1) is 25.7. The van der Waals surface area contributed by atoms with Gasteiger partial charge in [-0.25, -0.2) is 4.90 Å². The van der Waals surface area contributed by atoms with Crippen molar-refractivity contribution < 1.29 is 19.1 Å². The molecule has 1 N–H and O–H groups in total. The minimum atomic E-state index is -0.693. The Morgan fingerprint density at radius 1 is 0.949 bits per heavy atom. The van der Waals surface area contributed by atoms with Crippen LogP contribution in [0.5, 0.6) is 11.5 Å². The van der Waals surface area contributed by atoms with Gasteiger partial charge < -0.3 is 14.5 Å². The van der Waals surface area contributed by atoms with Gasteiger partial charge >= 0.3 is 4.87 Å². The van der Waals surface area contributed by atoms with Crippen molar-refractivity contribution in [2.24, 2.45) is 5.92 Å². The van der Waals surface area contributed by atoms with Gasteiger partial charge in [-0.05, 0) is 54.4 Å². The highest BCUT2D eigenvalue weighted by Crippen LogP contribution is 2.53. The number of thioether (sulfide) groups is 1. The summed E-state index contributed by atoms with van der Waals surface area (Å²) in [5, 5.41) is 0.451. The van der Waals surface area contributed by atoms with E-state index >= 15 is 0 Å². The van der Waals surface area contributed by atoms with Crippen LogP contribution in [0.1, 0.15) is 27.5 Å². The first-order chi connectivity index (χ1) is 18.8. The van der Waals surface area contributed by atoms with Gasteiger partial charge in [0.25, 0.3) is 0 Å². The number of aromatic nitrogens is 1. The normalized spacial score (nSPS) is 20.1. The Kier molecular flexibility index (Phi) is 6.74. The maximum atomic E-state index is 13.9. The van der Waals surface area contributed by atoms with E-state index in [1.165, 1.54) is 22.2 Å².